The van der Waals surface area contributed by atoms with Gasteiger partial charge in [0.25, 0.3) is 0 Å². The Kier molecular flexibility index (Phi) is 11.9. The summed E-state index contributed by atoms with van der Waals surface area (Å²) >= 11 is 6.33. The lowest BCUT2D eigenvalue weighted by Crippen LogP contribution is -2.53. The first-order valence-electron chi connectivity index (χ1n) is 14.2. The molecule has 13 heteroatoms. The van der Waals surface area contributed by atoms with Crippen LogP contribution in [0.3, 0.4) is 0 Å². The van der Waals surface area contributed by atoms with E-state index in [1.54, 1.807) is 47.6 Å². The van der Waals surface area contributed by atoms with E-state index in [0.717, 1.165) is 5.56 Å². The van der Waals surface area contributed by atoms with Crippen molar-refractivity contribution in [3.8, 4) is 5.75 Å². The van der Waals surface area contributed by atoms with Gasteiger partial charge in [-0.2, -0.15) is 5.01 Å². The number of amides is 2. The lowest BCUT2D eigenvalue weighted by Gasteiger charge is -2.26. The number of carbonyl (C=O) groups is 4. The van der Waals surface area contributed by atoms with Crippen molar-refractivity contribution in [2.24, 2.45) is 10.8 Å². The minimum atomic E-state index is -0.977. The maximum atomic E-state index is 12.8. The maximum absolute atomic E-state index is 12.8. The third-order valence-electron chi connectivity index (χ3n) is 5.56. The third-order valence-corrected chi connectivity index (χ3v) is 5.85. The van der Waals surface area contributed by atoms with Crippen LogP contribution in [-0.4, -0.2) is 46.3 Å². The quantitative estimate of drug-likeness (QED) is 0.0426. The number of carbonyl (C=O) groups excluding carboxylic acids is 4. The fraction of sp³-hybridized carbons (Fsp3) is 0.303. The summed E-state index contributed by atoms with van der Waals surface area (Å²) in [4.78, 5) is 54.3. The topological polar surface area (TPSA) is 159 Å². The van der Waals surface area contributed by atoms with Gasteiger partial charge in [-0.25, -0.2) is 25.2 Å². The molecule has 0 aliphatic rings. The molecule has 0 spiro atoms. The standard InChI is InChI=1S/C33H37ClN4O8/c1-32(2,3)45-30(41)37-29(38(35)31(42)46-33(4,5)6)36-24-15-13-23(14-16-24)28(40)44-26-17-12-22(18-25(26)34)19-27(39)43-20-21-10-8-7-9-11-21/h7-18H,19-20,35H2,1-6H3,(H,36,37,41). The van der Waals surface area contributed by atoms with Crippen LogP contribution in [0, 0.1) is 0 Å². The highest BCUT2D eigenvalue weighted by Crippen LogP contribution is 2.27. The zero-order valence-corrected chi connectivity index (χ0v) is 27.2. The lowest BCUT2D eigenvalue weighted by molar-refractivity contribution is -0.144. The van der Waals surface area contributed by atoms with Gasteiger partial charge in [0.2, 0.25) is 5.96 Å². The Morgan fingerprint density at radius 1 is 0.848 bits per heavy atom. The number of aliphatic imine (C=N–C) groups is 1. The van der Waals surface area contributed by atoms with E-state index in [4.69, 9.17) is 36.4 Å². The van der Waals surface area contributed by atoms with E-state index >= 15 is 0 Å². The molecule has 0 radical (unpaired) electrons. The summed E-state index contributed by atoms with van der Waals surface area (Å²) in [7, 11) is 0. The molecule has 0 atom stereocenters. The summed E-state index contributed by atoms with van der Waals surface area (Å²) in [6.45, 7) is 10.1. The Hall–Kier alpha value is -4.94. The fourth-order valence-corrected chi connectivity index (χ4v) is 3.82. The van der Waals surface area contributed by atoms with Crippen LogP contribution in [0.5, 0.6) is 5.75 Å². The van der Waals surface area contributed by atoms with Gasteiger partial charge in [-0.1, -0.05) is 48.0 Å². The predicted molar refractivity (Wildman–Crippen MR) is 172 cm³/mol. The van der Waals surface area contributed by atoms with Gasteiger partial charge in [-0.15, -0.1) is 0 Å². The number of alkyl carbamates (subject to hydrolysis) is 1. The van der Waals surface area contributed by atoms with E-state index in [-0.39, 0.29) is 41.0 Å². The number of halogens is 1. The van der Waals surface area contributed by atoms with Crippen molar-refractivity contribution in [1.82, 2.24) is 10.3 Å². The summed E-state index contributed by atoms with van der Waals surface area (Å²) in [5.41, 5.74) is 0.133. The molecule has 46 heavy (non-hydrogen) atoms. The molecule has 3 aromatic carbocycles. The number of nitrogens with two attached hydrogens (primary N) is 1. The molecule has 0 aromatic heterocycles. The number of hydrogen-bond acceptors (Lipinski definition) is 10. The van der Waals surface area contributed by atoms with Crippen LogP contribution in [0.1, 0.15) is 63.0 Å². The number of rotatable bonds is 7. The number of benzene rings is 3. The van der Waals surface area contributed by atoms with Crippen LogP contribution in [0.2, 0.25) is 5.02 Å². The number of nitrogens with zero attached hydrogens (tertiary/aromatic N) is 2. The van der Waals surface area contributed by atoms with Crippen LogP contribution in [0.15, 0.2) is 77.8 Å². The number of nitrogens with one attached hydrogen (secondary N) is 1. The van der Waals surface area contributed by atoms with Crippen molar-refractivity contribution in [3.63, 3.8) is 0 Å². The Morgan fingerprint density at radius 2 is 1.48 bits per heavy atom. The molecule has 3 N–H and O–H groups in total. The van der Waals surface area contributed by atoms with Crippen molar-refractivity contribution < 1.29 is 38.1 Å². The Bertz CT molecular complexity index is 1580. The Balaban J connectivity index is 1.68. The van der Waals surface area contributed by atoms with Crippen molar-refractivity contribution in [2.45, 2.75) is 65.8 Å². The molecule has 3 rings (SSSR count). The SMILES string of the molecule is CC(C)(C)OC(=O)NC(=Nc1ccc(C(=O)Oc2ccc(CC(=O)OCc3ccccc3)cc2Cl)cc1)N(N)C(=O)OC(C)(C)C. The van der Waals surface area contributed by atoms with Crippen molar-refractivity contribution in [1.29, 1.82) is 0 Å². The third kappa shape index (κ3) is 11.9. The first-order chi connectivity index (χ1) is 21.5. The summed E-state index contributed by atoms with van der Waals surface area (Å²) in [6, 6.07) is 19.7. The highest BCUT2D eigenvalue weighted by atomic mass is 35.5. The van der Waals surface area contributed by atoms with Crippen molar-refractivity contribution >= 4 is 47.4 Å². The van der Waals surface area contributed by atoms with E-state index in [0.29, 0.717) is 10.6 Å². The molecule has 244 valence electrons. The predicted octanol–water partition coefficient (Wildman–Crippen LogP) is 6.47. The van der Waals surface area contributed by atoms with Gasteiger partial charge in [-0.3, -0.25) is 10.1 Å². The number of esters is 2. The minimum Gasteiger partial charge on any atom is -0.461 e. The van der Waals surface area contributed by atoms with E-state index < -0.39 is 35.3 Å². The summed E-state index contributed by atoms with van der Waals surface area (Å²) in [5, 5.41) is 3.01. The second kappa shape index (κ2) is 15.4. The highest BCUT2D eigenvalue weighted by molar-refractivity contribution is 6.32. The fourth-order valence-electron chi connectivity index (χ4n) is 3.58. The molecular formula is C33H37ClN4O8. The number of hydrazine groups is 1. The molecule has 0 saturated carbocycles. The molecule has 0 aliphatic carbocycles. The van der Waals surface area contributed by atoms with Gasteiger partial charge in [0.15, 0.2) is 0 Å². The molecule has 0 bridgehead atoms. The molecule has 0 saturated heterocycles. The number of guanidine groups is 1. The van der Waals surface area contributed by atoms with Gasteiger partial charge in [0.05, 0.1) is 22.7 Å². The molecule has 3 aromatic rings. The average molecular weight is 653 g/mol. The normalized spacial score (nSPS) is 11.7. The van der Waals surface area contributed by atoms with Gasteiger partial charge in [0.1, 0.15) is 23.6 Å². The van der Waals surface area contributed by atoms with Crippen LogP contribution >= 0.6 is 11.6 Å². The van der Waals surface area contributed by atoms with Crippen LogP contribution in [0.4, 0.5) is 15.3 Å². The number of hydrogen-bond donors (Lipinski definition) is 2. The second-order valence-corrected chi connectivity index (χ2v) is 12.3. The largest absolute Gasteiger partial charge is 0.461 e. The van der Waals surface area contributed by atoms with Gasteiger partial charge in [0, 0.05) is 0 Å². The summed E-state index contributed by atoms with van der Waals surface area (Å²) < 4.78 is 21.3. The maximum Gasteiger partial charge on any atom is 0.431 e. The molecule has 0 heterocycles. The summed E-state index contributed by atoms with van der Waals surface area (Å²) in [5.74, 6) is 4.50. The molecule has 0 unspecified atom stereocenters. The van der Waals surface area contributed by atoms with E-state index in [1.807, 2.05) is 30.3 Å². The van der Waals surface area contributed by atoms with Gasteiger partial charge in [-0.05, 0) is 89.1 Å². The first-order valence-corrected chi connectivity index (χ1v) is 14.5. The molecule has 2 amide bonds. The molecule has 0 aliphatic heterocycles. The lowest BCUT2D eigenvalue weighted by atomic mass is 10.1. The second-order valence-electron chi connectivity index (χ2n) is 11.9. The summed E-state index contributed by atoms with van der Waals surface area (Å²) in [6.07, 6.45) is -1.89. The first kappa shape index (κ1) is 35.5. The highest BCUT2D eigenvalue weighted by Gasteiger charge is 2.27. The Labute approximate surface area is 272 Å². The molecule has 12 nitrogen and oxygen atoms in total. The van der Waals surface area contributed by atoms with Crippen molar-refractivity contribution in [3.05, 3.63) is 94.5 Å². The smallest absolute Gasteiger partial charge is 0.431 e. The zero-order chi connectivity index (χ0) is 34.1. The number of ether oxygens (including phenoxy) is 4. The zero-order valence-electron chi connectivity index (χ0n) is 26.5. The van der Waals surface area contributed by atoms with E-state index in [9.17, 15) is 19.2 Å². The van der Waals surface area contributed by atoms with Gasteiger partial charge >= 0.3 is 24.1 Å². The van der Waals surface area contributed by atoms with Crippen molar-refractivity contribution in [2.75, 3.05) is 0 Å². The van der Waals surface area contributed by atoms with E-state index in [1.165, 1.54) is 36.4 Å². The van der Waals surface area contributed by atoms with Gasteiger partial charge < -0.3 is 18.9 Å². The Morgan fingerprint density at radius 3 is 2.07 bits per heavy atom. The van der Waals surface area contributed by atoms with Crippen LogP contribution in [0.25, 0.3) is 0 Å². The van der Waals surface area contributed by atoms with Crippen LogP contribution in [-0.2, 0) is 32.0 Å². The van der Waals surface area contributed by atoms with E-state index in [2.05, 4.69) is 10.3 Å². The van der Waals surface area contributed by atoms with Crippen LogP contribution < -0.4 is 15.9 Å². The average Bonchev–Trinajstić information content (AvgIpc) is 2.95. The monoisotopic (exact) mass is 652 g/mol. The molecular weight excluding hydrogens is 616 g/mol. The minimum absolute atomic E-state index is 0.0122. The molecule has 0 fully saturated rings.